The van der Waals surface area contributed by atoms with Gasteiger partial charge >= 0.3 is 0 Å². The predicted molar refractivity (Wildman–Crippen MR) is 123 cm³/mol. The van der Waals surface area contributed by atoms with Gasteiger partial charge in [-0.05, 0) is 60.7 Å². The molecule has 0 spiro atoms. The van der Waals surface area contributed by atoms with Gasteiger partial charge in [-0.3, -0.25) is 14.6 Å². The monoisotopic (exact) mass is 451 g/mol. The molecule has 0 unspecified atom stereocenters. The normalized spacial score (nSPS) is 14.2. The summed E-state index contributed by atoms with van der Waals surface area (Å²) in [4.78, 5) is 29.9. The van der Waals surface area contributed by atoms with Crippen molar-refractivity contribution in [3.05, 3.63) is 92.1 Å². The molecule has 166 valence electrons. The Morgan fingerprint density at radius 3 is 2.81 bits per heavy atom. The Kier molecular flexibility index (Phi) is 6.39. The molecule has 4 rings (SSSR count). The molecule has 2 aromatic heterocycles. The van der Waals surface area contributed by atoms with Crippen molar-refractivity contribution < 1.29 is 4.79 Å². The van der Waals surface area contributed by atoms with Crippen LogP contribution in [0.4, 0.5) is 0 Å². The molecule has 1 amide bonds. The second kappa shape index (κ2) is 9.22. The molecule has 32 heavy (non-hydrogen) atoms. The van der Waals surface area contributed by atoms with Crippen molar-refractivity contribution in [2.24, 2.45) is 5.73 Å². The first-order valence-electron chi connectivity index (χ1n) is 10.7. The Morgan fingerprint density at radius 2 is 2.09 bits per heavy atom. The molecule has 3 aromatic rings. The van der Waals surface area contributed by atoms with E-state index in [9.17, 15) is 9.59 Å². The first kappa shape index (κ1) is 22.2. The summed E-state index contributed by atoms with van der Waals surface area (Å²) in [5.74, 6) is -0.236. The van der Waals surface area contributed by atoms with E-state index in [1.807, 2.05) is 36.4 Å². The number of carbonyl (C=O) groups excluding carboxylic acids is 1. The number of pyridine rings is 1. The number of carbonyl (C=O) groups is 1. The first-order chi connectivity index (χ1) is 15.4. The van der Waals surface area contributed by atoms with Crippen LogP contribution in [0.3, 0.4) is 0 Å². The van der Waals surface area contributed by atoms with E-state index >= 15 is 0 Å². The standard InChI is InChI=1S/C24H26ClN5O2/c1-16-14-29-30(11-7-19-4-2-3-10-27-19)23(32)20(16)13-22(31)28-15-17-12-18(25)5-6-21(17)24(26)8-9-24/h2-6,10,12,14H,7-9,11,13,15,26H2,1H3,(H,28,31). The van der Waals surface area contributed by atoms with Gasteiger partial charge in [-0.25, -0.2) is 4.68 Å². The van der Waals surface area contributed by atoms with Gasteiger partial charge in [0.1, 0.15) is 0 Å². The van der Waals surface area contributed by atoms with Crippen LogP contribution in [-0.4, -0.2) is 20.7 Å². The van der Waals surface area contributed by atoms with Gasteiger partial charge < -0.3 is 11.1 Å². The highest BCUT2D eigenvalue weighted by Gasteiger charge is 2.41. The van der Waals surface area contributed by atoms with Gasteiger partial charge in [0, 0.05) is 41.0 Å². The third-order valence-electron chi connectivity index (χ3n) is 5.87. The summed E-state index contributed by atoms with van der Waals surface area (Å²) >= 11 is 6.16. The van der Waals surface area contributed by atoms with E-state index in [1.165, 1.54) is 4.68 Å². The molecule has 0 aliphatic heterocycles. The lowest BCUT2D eigenvalue weighted by Crippen LogP contribution is -2.33. The Hall–Kier alpha value is -3.03. The zero-order chi connectivity index (χ0) is 22.7. The zero-order valence-corrected chi connectivity index (χ0v) is 18.7. The number of amides is 1. The van der Waals surface area contributed by atoms with Gasteiger partial charge in [0.05, 0.1) is 19.2 Å². The second-order valence-corrected chi connectivity index (χ2v) is 8.75. The minimum Gasteiger partial charge on any atom is -0.352 e. The molecule has 1 aromatic carbocycles. The Morgan fingerprint density at radius 1 is 1.28 bits per heavy atom. The molecule has 0 bridgehead atoms. The van der Waals surface area contributed by atoms with E-state index in [0.29, 0.717) is 35.7 Å². The molecule has 0 atom stereocenters. The smallest absolute Gasteiger partial charge is 0.270 e. The molecule has 0 radical (unpaired) electrons. The SMILES string of the molecule is Cc1cnn(CCc2ccccn2)c(=O)c1CC(=O)NCc1cc(Cl)ccc1C1(N)CC1. The van der Waals surface area contributed by atoms with Crippen LogP contribution < -0.4 is 16.6 Å². The maximum Gasteiger partial charge on any atom is 0.270 e. The molecule has 1 aliphatic rings. The van der Waals surface area contributed by atoms with E-state index in [4.69, 9.17) is 17.3 Å². The van der Waals surface area contributed by atoms with Crippen molar-refractivity contribution in [3.63, 3.8) is 0 Å². The molecule has 7 nitrogen and oxygen atoms in total. The van der Waals surface area contributed by atoms with Gasteiger partial charge in [0.2, 0.25) is 5.91 Å². The van der Waals surface area contributed by atoms with Crippen LogP contribution in [0.2, 0.25) is 5.02 Å². The number of nitrogens with two attached hydrogens (primary N) is 1. The number of rotatable bonds is 8. The number of hydrogen-bond donors (Lipinski definition) is 2. The van der Waals surface area contributed by atoms with E-state index in [1.54, 1.807) is 19.3 Å². The lowest BCUT2D eigenvalue weighted by molar-refractivity contribution is -0.120. The topological polar surface area (TPSA) is 103 Å². The summed E-state index contributed by atoms with van der Waals surface area (Å²) in [7, 11) is 0. The quantitative estimate of drug-likeness (QED) is 0.548. The van der Waals surface area contributed by atoms with E-state index < -0.39 is 0 Å². The number of hydrogen-bond acceptors (Lipinski definition) is 5. The van der Waals surface area contributed by atoms with E-state index in [2.05, 4.69) is 15.4 Å². The third kappa shape index (κ3) is 5.06. The maximum absolute atomic E-state index is 12.9. The largest absolute Gasteiger partial charge is 0.352 e. The lowest BCUT2D eigenvalue weighted by Gasteiger charge is -2.16. The summed E-state index contributed by atoms with van der Waals surface area (Å²) in [6, 6.07) is 11.3. The highest BCUT2D eigenvalue weighted by Crippen LogP contribution is 2.44. The summed E-state index contributed by atoms with van der Waals surface area (Å²) in [6.07, 6.45) is 5.76. The van der Waals surface area contributed by atoms with Crippen molar-refractivity contribution in [1.82, 2.24) is 20.1 Å². The average Bonchev–Trinajstić information content (AvgIpc) is 3.53. The summed E-state index contributed by atoms with van der Waals surface area (Å²) < 4.78 is 1.39. The molecule has 1 fully saturated rings. The van der Waals surface area contributed by atoms with Crippen molar-refractivity contribution >= 4 is 17.5 Å². The number of nitrogens with one attached hydrogen (secondary N) is 1. The lowest BCUT2D eigenvalue weighted by atomic mass is 9.99. The van der Waals surface area contributed by atoms with Crippen LogP contribution in [0.15, 0.2) is 53.6 Å². The fourth-order valence-corrected chi connectivity index (χ4v) is 3.96. The van der Waals surface area contributed by atoms with Crippen molar-refractivity contribution in [2.45, 2.75) is 51.2 Å². The van der Waals surface area contributed by atoms with Gasteiger partial charge in [0.25, 0.3) is 5.56 Å². The minimum absolute atomic E-state index is 0.0135. The molecule has 0 saturated heterocycles. The van der Waals surface area contributed by atoms with Crippen molar-refractivity contribution in [1.29, 1.82) is 0 Å². The molecule has 8 heteroatoms. The number of halogens is 1. The van der Waals surface area contributed by atoms with Gasteiger partial charge in [-0.1, -0.05) is 23.7 Å². The predicted octanol–water partition coefficient (Wildman–Crippen LogP) is 2.65. The first-order valence-corrected chi connectivity index (χ1v) is 11.0. The molecular formula is C24H26ClN5O2. The Bertz CT molecular complexity index is 1190. The van der Waals surface area contributed by atoms with Crippen LogP contribution in [0.1, 0.15) is 40.8 Å². The number of benzene rings is 1. The highest BCUT2D eigenvalue weighted by atomic mass is 35.5. The minimum atomic E-state index is -0.326. The van der Waals surface area contributed by atoms with E-state index in [0.717, 1.165) is 29.7 Å². The number of nitrogens with zero attached hydrogens (tertiary/aromatic N) is 3. The zero-order valence-electron chi connectivity index (χ0n) is 18.0. The molecule has 2 heterocycles. The fourth-order valence-electron chi connectivity index (χ4n) is 3.77. The third-order valence-corrected chi connectivity index (χ3v) is 6.11. The van der Waals surface area contributed by atoms with Gasteiger partial charge in [-0.2, -0.15) is 5.10 Å². The highest BCUT2D eigenvalue weighted by molar-refractivity contribution is 6.30. The molecule has 3 N–H and O–H groups in total. The van der Waals surface area contributed by atoms with Crippen molar-refractivity contribution in [2.75, 3.05) is 0 Å². The molecule has 1 saturated carbocycles. The van der Waals surface area contributed by atoms with Gasteiger partial charge in [0.15, 0.2) is 0 Å². The van der Waals surface area contributed by atoms with Crippen LogP contribution in [0, 0.1) is 6.92 Å². The van der Waals surface area contributed by atoms with E-state index in [-0.39, 0.29) is 23.4 Å². The van der Waals surface area contributed by atoms with Crippen LogP contribution in [0.25, 0.3) is 0 Å². The van der Waals surface area contributed by atoms with Crippen molar-refractivity contribution in [3.8, 4) is 0 Å². The average molecular weight is 452 g/mol. The van der Waals surface area contributed by atoms with Gasteiger partial charge in [-0.15, -0.1) is 0 Å². The second-order valence-electron chi connectivity index (χ2n) is 8.32. The number of aryl methyl sites for hydroxylation is 3. The van der Waals surface area contributed by atoms with Crippen LogP contribution >= 0.6 is 11.6 Å². The fraction of sp³-hybridized carbons (Fsp3) is 0.333. The Balaban J connectivity index is 1.43. The molecular weight excluding hydrogens is 426 g/mol. The number of aromatic nitrogens is 3. The summed E-state index contributed by atoms with van der Waals surface area (Å²) in [5, 5.41) is 7.74. The summed E-state index contributed by atoms with van der Waals surface area (Å²) in [6.45, 7) is 2.50. The van der Waals surface area contributed by atoms with Crippen LogP contribution in [-0.2, 0) is 36.3 Å². The maximum atomic E-state index is 12.9. The van der Waals surface area contributed by atoms with Crippen LogP contribution in [0.5, 0.6) is 0 Å². The summed E-state index contributed by atoms with van der Waals surface area (Å²) in [5.41, 5.74) is 9.73. The Labute approximate surface area is 191 Å². The molecule has 1 aliphatic carbocycles.